The molecule has 0 aliphatic heterocycles. The lowest BCUT2D eigenvalue weighted by molar-refractivity contribution is 0.460. The Balaban J connectivity index is 2.23. The number of rotatable bonds is 3. The van der Waals surface area contributed by atoms with Crippen LogP contribution in [0.3, 0.4) is 0 Å². The Labute approximate surface area is 83.3 Å². The number of nitrogens with one attached hydrogen (secondary N) is 1. The highest BCUT2D eigenvalue weighted by atomic mass is 19.1. The van der Waals surface area contributed by atoms with Crippen LogP contribution in [-0.2, 0) is 0 Å². The van der Waals surface area contributed by atoms with E-state index in [4.69, 9.17) is 5.73 Å². The van der Waals surface area contributed by atoms with Gasteiger partial charge in [0.2, 0.25) is 0 Å². The lowest BCUT2D eigenvalue weighted by Crippen LogP contribution is -2.38. The van der Waals surface area contributed by atoms with Gasteiger partial charge in [0.05, 0.1) is 6.04 Å². The highest BCUT2D eigenvalue weighted by molar-refractivity contribution is 5.26. The average Bonchev–Trinajstić information content (AvgIpc) is 2.89. The molecule has 76 valence electrons. The fraction of sp³-hybridized carbons (Fsp3) is 0.455. The van der Waals surface area contributed by atoms with Gasteiger partial charge in [-0.15, -0.1) is 0 Å². The largest absolute Gasteiger partial charge is 0.323 e. The molecule has 1 aromatic rings. The van der Waals surface area contributed by atoms with Gasteiger partial charge in [0.25, 0.3) is 0 Å². The zero-order valence-corrected chi connectivity index (χ0v) is 8.26. The van der Waals surface area contributed by atoms with Crippen molar-refractivity contribution in [3.63, 3.8) is 0 Å². The van der Waals surface area contributed by atoms with Crippen molar-refractivity contribution >= 4 is 0 Å². The molecule has 2 rings (SSSR count). The van der Waals surface area contributed by atoms with Crippen molar-refractivity contribution in [2.24, 2.45) is 5.73 Å². The topological polar surface area (TPSA) is 38.0 Å². The highest BCUT2D eigenvalue weighted by Crippen LogP contribution is 2.43. The van der Waals surface area contributed by atoms with E-state index in [0.29, 0.717) is 0 Å². The van der Waals surface area contributed by atoms with Crippen LogP contribution in [0.4, 0.5) is 4.39 Å². The Kier molecular flexibility index (Phi) is 2.29. The Hall–Kier alpha value is -0.930. The molecule has 1 aliphatic rings. The van der Waals surface area contributed by atoms with Crippen LogP contribution in [0.15, 0.2) is 24.3 Å². The molecule has 3 N–H and O–H groups in total. The normalized spacial score (nSPS) is 20.5. The molecular weight excluding hydrogens is 179 g/mol. The second kappa shape index (κ2) is 3.33. The van der Waals surface area contributed by atoms with Gasteiger partial charge in [-0.2, -0.15) is 0 Å². The summed E-state index contributed by atoms with van der Waals surface area (Å²) in [6.45, 7) is 0. The smallest absolute Gasteiger partial charge is 0.123 e. The average molecular weight is 194 g/mol. The SMILES string of the molecule is CNC(c1ccc(F)cc1)C1(N)CC1. The van der Waals surface area contributed by atoms with Crippen molar-refractivity contribution in [1.82, 2.24) is 5.32 Å². The van der Waals surface area contributed by atoms with Crippen molar-refractivity contribution < 1.29 is 4.39 Å². The van der Waals surface area contributed by atoms with Gasteiger partial charge in [0.1, 0.15) is 5.82 Å². The van der Waals surface area contributed by atoms with Crippen molar-refractivity contribution in [3.05, 3.63) is 35.6 Å². The minimum Gasteiger partial charge on any atom is -0.323 e. The maximum Gasteiger partial charge on any atom is 0.123 e. The summed E-state index contributed by atoms with van der Waals surface area (Å²) in [7, 11) is 1.89. The molecule has 1 aromatic carbocycles. The van der Waals surface area contributed by atoms with E-state index in [9.17, 15) is 4.39 Å². The molecule has 1 aliphatic carbocycles. The fourth-order valence-electron chi connectivity index (χ4n) is 1.87. The van der Waals surface area contributed by atoms with Gasteiger partial charge in [0, 0.05) is 5.54 Å². The molecule has 1 atom stereocenters. The summed E-state index contributed by atoms with van der Waals surface area (Å²) in [4.78, 5) is 0. The zero-order valence-electron chi connectivity index (χ0n) is 8.26. The molecule has 0 heterocycles. The monoisotopic (exact) mass is 194 g/mol. The maximum absolute atomic E-state index is 12.7. The van der Waals surface area contributed by atoms with E-state index in [1.807, 2.05) is 7.05 Å². The van der Waals surface area contributed by atoms with E-state index in [-0.39, 0.29) is 17.4 Å². The molecule has 1 unspecified atom stereocenters. The Morgan fingerprint density at radius 1 is 1.36 bits per heavy atom. The van der Waals surface area contributed by atoms with Crippen LogP contribution in [-0.4, -0.2) is 12.6 Å². The molecule has 1 saturated carbocycles. The molecule has 0 aromatic heterocycles. The van der Waals surface area contributed by atoms with E-state index < -0.39 is 0 Å². The second-order valence-corrected chi connectivity index (χ2v) is 4.01. The lowest BCUT2D eigenvalue weighted by atomic mass is 9.98. The van der Waals surface area contributed by atoms with Gasteiger partial charge >= 0.3 is 0 Å². The van der Waals surface area contributed by atoms with E-state index in [1.165, 1.54) is 12.1 Å². The van der Waals surface area contributed by atoms with E-state index >= 15 is 0 Å². The first kappa shape index (κ1) is 9.62. The highest BCUT2D eigenvalue weighted by Gasteiger charge is 2.45. The summed E-state index contributed by atoms with van der Waals surface area (Å²) in [5.74, 6) is -0.203. The first-order chi connectivity index (χ1) is 6.65. The first-order valence-corrected chi connectivity index (χ1v) is 4.87. The van der Waals surface area contributed by atoms with Gasteiger partial charge < -0.3 is 11.1 Å². The van der Waals surface area contributed by atoms with Gasteiger partial charge in [-0.05, 0) is 37.6 Å². The summed E-state index contributed by atoms with van der Waals surface area (Å²) in [5, 5.41) is 3.19. The first-order valence-electron chi connectivity index (χ1n) is 4.87. The molecule has 14 heavy (non-hydrogen) atoms. The number of halogens is 1. The van der Waals surface area contributed by atoms with Crippen LogP contribution in [0.25, 0.3) is 0 Å². The van der Waals surface area contributed by atoms with Crippen molar-refractivity contribution in [3.8, 4) is 0 Å². The maximum atomic E-state index is 12.7. The molecule has 0 spiro atoms. The van der Waals surface area contributed by atoms with Crippen LogP contribution in [0.5, 0.6) is 0 Å². The van der Waals surface area contributed by atoms with Crippen molar-refractivity contribution in [2.45, 2.75) is 24.4 Å². The van der Waals surface area contributed by atoms with Crippen molar-refractivity contribution in [2.75, 3.05) is 7.05 Å². The number of benzene rings is 1. The van der Waals surface area contributed by atoms with Gasteiger partial charge in [-0.1, -0.05) is 12.1 Å². The van der Waals surface area contributed by atoms with E-state index in [1.54, 1.807) is 12.1 Å². The van der Waals surface area contributed by atoms with Crippen LogP contribution < -0.4 is 11.1 Å². The van der Waals surface area contributed by atoms with Crippen LogP contribution >= 0.6 is 0 Å². The van der Waals surface area contributed by atoms with Crippen molar-refractivity contribution in [1.29, 1.82) is 0 Å². The molecule has 2 nitrogen and oxygen atoms in total. The van der Waals surface area contributed by atoms with Crippen LogP contribution in [0, 0.1) is 5.82 Å². The molecule has 0 amide bonds. The third-order valence-corrected chi connectivity index (χ3v) is 2.89. The lowest BCUT2D eigenvalue weighted by Gasteiger charge is -2.23. The van der Waals surface area contributed by atoms with Crippen LogP contribution in [0.1, 0.15) is 24.4 Å². The zero-order chi connectivity index (χ0) is 10.2. The summed E-state index contributed by atoms with van der Waals surface area (Å²) in [6, 6.07) is 6.69. The molecule has 1 fully saturated rings. The van der Waals surface area contributed by atoms with Gasteiger partial charge in [-0.25, -0.2) is 4.39 Å². The summed E-state index contributed by atoms with van der Waals surface area (Å²) >= 11 is 0. The number of nitrogens with two attached hydrogens (primary N) is 1. The summed E-state index contributed by atoms with van der Waals surface area (Å²) < 4.78 is 12.7. The number of likely N-dealkylation sites (N-methyl/N-ethyl adjacent to an activating group) is 1. The predicted molar refractivity (Wildman–Crippen MR) is 54.4 cm³/mol. The molecule has 0 bridgehead atoms. The predicted octanol–water partition coefficient (Wildman–Crippen LogP) is 1.58. The number of hydrogen-bond donors (Lipinski definition) is 2. The van der Waals surface area contributed by atoms with E-state index in [2.05, 4.69) is 5.32 Å². The molecule has 0 radical (unpaired) electrons. The third kappa shape index (κ3) is 1.65. The quantitative estimate of drug-likeness (QED) is 0.766. The Morgan fingerprint density at radius 3 is 2.36 bits per heavy atom. The minimum atomic E-state index is -0.203. The second-order valence-electron chi connectivity index (χ2n) is 4.01. The van der Waals surface area contributed by atoms with E-state index in [0.717, 1.165) is 18.4 Å². The molecule has 3 heteroatoms. The molecule has 0 saturated heterocycles. The summed E-state index contributed by atoms with van der Waals surface area (Å²) in [6.07, 6.45) is 2.08. The Morgan fingerprint density at radius 2 is 1.93 bits per heavy atom. The molecular formula is C11H15FN2. The van der Waals surface area contributed by atoms with Gasteiger partial charge in [0.15, 0.2) is 0 Å². The van der Waals surface area contributed by atoms with Gasteiger partial charge in [-0.3, -0.25) is 0 Å². The Bertz CT molecular complexity index is 317. The standard InChI is InChI=1S/C11H15FN2/c1-14-10(11(13)6-7-11)8-2-4-9(12)5-3-8/h2-5,10,14H,6-7,13H2,1H3. The minimum absolute atomic E-state index is 0.118. The number of hydrogen-bond acceptors (Lipinski definition) is 2. The fourth-order valence-corrected chi connectivity index (χ4v) is 1.87. The van der Waals surface area contributed by atoms with Crippen LogP contribution in [0.2, 0.25) is 0 Å². The third-order valence-electron chi connectivity index (χ3n) is 2.89. The summed E-state index contributed by atoms with van der Waals surface area (Å²) in [5.41, 5.74) is 7.06.